The third-order valence-corrected chi connectivity index (χ3v) is 3.75. The van der Waals surface area contributed by atoms with Gasteiger partial charge < -0.3 is 10.6 Å². The molecule has 0 aliphatic carbocycles. The third kappa shape index (κ3) is 2.49. The summed E-state index contributed by atoms with van der Waals surface area (Å²) in [5.74, 6) is -0.105. The maximum Gasteiger partial charge on any atom is 0.255 e. The van der Waals surface area contributed by atoms with E-state index >= 15 is 0 Å². The van der Waals surface area contributed by atoms with Crippen LogP contribution < -0.4 is 10.6 Å². The predicted molar refractivity (Wildman–Crippen MR) is 82.8 cm³/mol. The van der Waals surface area contributed by atoms with Crippen molar-refractivity contribution in [1.29, 1.82) is 0 Å². The van der Waals surface area contributed by atoms with Gasteiger partial charge in [-0.25, -0.2) is 0 Å². The summed E-state index contributed by atoms with van der Waals surface area (Å²) in [5.41, 5.74) is 4.72. The SMILES string of the molecule is Cc1cc(Cl)ccc1NC(=O)c1ccc2c(c1)NCC2. The molecule has 1 amide bonds. The van der Waals surface area contributed by atoms with E-state index in [-0.39, 0.29) is 5.91 Å². The minimum absolute atomic E-state index is 0.105. The Morgan fingerprint density at radius 2 is 2.10 bits per heavy atom. The van der Waals surface area contributed by atoms with Crippen LogP contribution in [0.15, 0.2) is 36.4 Å². The van der Waals surface area contributed by atoms with Gasteiger partial charge in [-0.3, -0.25) is 4.79 Å². The van der Waals surface area contributed by atoms with Gasteiger partial charge in [0, 0.05) is 28.5 Å². The predicted octanol–water partition coefficient (Wildman–Crippen LogP) is 3.87. The van der Waals surface area contributed by atoms with Gasteiger partial charge in [0.05, 0.1) is 0 Å². The largest absolute Gasteiger partial charge is 0.384 e. The van der Waals surface area contributed by atoms with E-state index in [4.69, 9.17) is 11.6 Å². The number of halogens is 1. The number of carbonyl (C=O) groups is 1. The molecule has 2 N–H and O–H groups in total. The number of hydrogen-bond donors (Lipinski definition) is 2. The van der Waals surface area contributed by atoms with Crippen molar-refractivity contribution in [1.82, 2.24) is 0 Å². The molecule has 102 valence electrons. The smallest absolute Gasteiger partial charge is 0.255 e. The fourth-order valence-electron chi connectivity index (χ4n) is 2.39. The second-order valence-corrected chi connectivity index (χ2v) is 5.40. The fraction of sp³-hybridized carbons (Fsp3) is 0.188. The van der Waals surface area contributed by atoms with Crippen LogP contribution in [0.2, 0.25) is 5.02 Å². The summed E-state index contributed by atoms with van der Waals surface area (Å²) in [5, 5.41) is 6.87. The van der Waals surface area contributed by atoms with Crippen LogP contribution in [-0.4, -0.2) is 12.5 Å². The lowest BCUT2D eigenvalue weighted by Gasteiger charge is -2.09. The molecule has 0 bridgehead atoms. The van der Waals surface area contributed by atoms with E-state index in [1.54, 1.807) is 6.07 Å². The maximum absolute atomic E-state index is 12.3. The standard InChI is InChI=1S/C16H15ClN2O/c1-10-8-13(17)4-5-14(10)19-16(20)12-3-2-11-6-7-18-15(11)9-12/h2-5,8-9,18H,6-7H2,1H3,(H,19,20). The summed E-state index contributed by atoms with van der Waals surface area (Å²) in [6.07, 6.45) is 1.02. The Morgan fingerprint density at radius 3 is 2.90 bits per heavy atom. The molecule has 0 saturated carbocycles. The van der Waals surface area contributed by atoms with Crippen LogP contribution in [0.5, 0.6) is 0 Å². The Labute approximate surface area is 123 Å². The molecular formula is C16H15ClN2O. The van der Waals surface area contributed by atoms with Gasteiger partial charge in [-0.05, 0) is 54.8 Å². The van der Waals surface area contributed by atoms with Crippen LogP contribution >= 0.6 is 11.6 Å². The monoisotopic (exact) mass is 286 g/mol. The van der Waals surface area contributed by atoms with Gasteiger partial charge in [-0.1, -0.05) is 17.7 Å². The molecule has 0 unspecified atom stereocenters. The molecule has 0 fully saturated rings. The summed E-state index contributed by atoms with van der Waals surface area (Å²) >= 11 is 5.91. The van der Waals surface area contributed by atoms with E-state index in [0.717, 1.165) is 29.9 Å². The molecule has 3 rings (SSSR count). The second kappa shape index (κ2) is 5.17. The van der Waals surface area contributed by atoms with Crippen LogP contribution in [0.4, 0.5) is 11.4 Å². The number of anilines is 2. The molecule has 2 aromatic rings. The van der Waals surface area contributed by atoms with Crippen molar-refractivity contribution in [2.75, 3.05) is 17.2 Å². The molecule has 1 aliphatic heterocycles. The molecule has 0 spiro atoms. The first-order chi connectivity index (χ1) is 9.63. The number of nitrogens with one attached hydrogen (secondary N) is 2. The maximum atomic E-state index is 12.3. The number of fused-ring (bicyclic) bond motifs is 1. The Morgan fingerprint density at radius 1 is 1.25 bits per heavy atom. The number of hydrogen-bond acceptors (Lipinski definition) is 2. The molecule has 20 heavy (non-hydrogen) atoms. The van der Waals surface area contributed by atoms with Gasteiger partial charge in [0.2, 0.25) is 0 Å². The van der Waals surface area contributed by atoms with E-state index < -0.39 is 0 Å². The zero-order valence-electron chi connectivity index (χ0n) is 11.2. The first kappa shape index (κ1) is 13.0. The van der Waals surface area contributed by atoms with Crippen LogP contribution in [0.3, 0.4) is 0 Å². The topological polar surface area (TPSA) is 41.1 Å². The molecule has 1 aliphatic rings. The van der Waals surface area contributed by atoms with Crippen molar-refractivity contribution in [2.45, 2.75) is 13.3 Å². The Bertz CT molecular complexity index is 682. The first-order valence-corrected chi connectivity index (χ1v) is 6.95. The highest BCUT2D eigenvalue weighted by Crippen LogP contribution is 2.24. The molecular weight excluding hydrogens is 272 g/mol. The minimum Gasteiger partial charge on any atom is -0.384 e. The van der Waals surface area contributed by atoms with Crippen molar-refractivity contribution < 1.29 is 4.79 Å². The number of amides is 1. The normalized spacial score (nSPS) is 12.7. The second-order valence-electron chi connectivity index (χ2n) is 4.96. The summed E-state index contributed by atoms with van der Waals surface area (Å²) in [4.78, 5) is 12.3. The Balaban J connectivity index is 1.82. The number of benzene rings is 2. The van der Waals surface area contributed by atoms with Crippen molar-refractivity contribution in [3.63, 3.8) is 0 Å². The minimum atomic E-state index is -0.105. The summed E-state index contributed by atoms with van der Waals surface area (Å²) in [6.45, 7) is 2.86. The number of rotatable bonds is 2. The molecule has 3 nitrogen and oxygen atoms in total. The zero-order valence-corrected chi connectivity index (χ0v) is 11.9. The lowest BCUT2D eigenvalue weighted by atomic mass is 10.1. The highest BCUT2D eigenvalue weighted by Gasteiger charge is 2.14. The van der Waals surface area contributed by atoms with Crippen LogP contribution in [-0.2, 0) is 6.42 Å². The van der Waals surface area contributed by atoms with Crippen molar-refractivity contribution in [3.8, 4) is 0 Å². The van der Waals surface area contributed by atoms with Gasteiger partial charge in [0.1, 0.15) is 0 Å². The average Bonchev–Trinajstić information content (AvgIpc) is 2.89. The van der Waals surface area contributed by atoms with Gasteiger partial charge in [-0.15, -0.1) is 0 Å². The molecule has 0 aromatic heterocycles. The Kier molecular flexibility index (Phi) is 3.36. The molecule has 1 heterocycles. The lowest BCUT2D eigenvalue weighted by Crippen LogP contribution is -2.13. The molecule has 0 radical (unpaired) electrons. The molecule has 0 saturated heterocycles. The van der Waals surface area contributed by atoms with E-state index in [2.05, 4.69) is 10.6 Å². The van der Waals surface area contributed by atoms with Crippen molar-refractivity contribution in [2.24, 2.45) is 0 Å². The fourth-order valence-corrected chi connectivity index (χ4v) is 2.62. The van der Waals surface area contributed by atoms with Crippen LogP contribution in [0, 0.1) is 6.92 Å². The van der Waals surface area contributed by atoms with E-state index in [9.17, 15) is 4.79 Å². The van der Waals surface area contributed by atoms with Crippen molar-refractivity contribution >= 4 is 28.9 Å². The highest BCUT2D eigenvalue weighted by molar-refractivity contribution is 6.30. The van der Waals surface area contributed by atoms with Crippen molar-refractivity contribution in [3.05, 3.63) is 58.1 Å². The van der Waals surface area contributed by atoms with Gasteiger partial charge >= 0.3 is 0 Å². The zero-order chi connectivity index (χ0) is 14.1. The van der Waals surface area contributed by atoms with E-state index in [1.165, 1.54) is 5.56 Å². The Hall–Kier alpha value is -2.00. The summed E-state index contributed by atoms with van der Waals surface area (Å²) < 4.78 is 0. The molecule has 4 heteroatoms. The van der Waals surface area contributed by atoms with Gasteiger partial charge in [-0.2, -0.15) is 0 Å². The number of carbonyl (C=O) groups excluding carboxylic acids is 1. The van der Waals surface area contributed by atoms with E-state index in [1.807, 2.05) is 37.3 Å². The van der Waals surface area contributed by atoms with Gasteiger partial charge in [0.15, 0.2) is 0 Å². The summed E-state index contributed by atoms with van der Waals surface area (Å²) in [7, 11) is 0. The van der Waals surface area contributed by atoms with Crippen LogP contribution in [0.1, 0.15) is 21.5 Å². The quantitative estimate of drug-likeness (QED) is 0.880. The molecule has 2 aromatic carbocycles. The van der Waals surface area contributed by atoms with E-state index in [0.29, 0.717) is 10.6 Å². The highest BCUT2D eigenvalue weighted by atomic mass is 35.5. The summed E-state index contributed by atoms with van der Waals surface area (Å²) in [6, 6.07) is 11.2. The first-order valence-electron chi connectivity index (χ1n) is 6.58. The lowest BCUT2D eigenvalue weighted by molar-refractivity contribution is 0.102. The third-order valence-electron chi connectivity index (χ3n) is 3.52. The number of aryl methyl sites for hydroxylation is 1. The van der Waals surface area contributed by atoms with Gasteiger partial charge in [0.25, 0.3) is 5.91 Å². The average molecular weight is 287 g/mol. The van der Waals surface area contributed by atoms with Crippen LogP contribution in [0.25, 0.3) is 0 Å². The molecule has 0 atom stereocenters.